The molecule has 0 N–H and O–H groups in total. The van der Waals surface area contributed by atoms with Crippen LogP contribution in [0.15, 0.2) is 206 Å². The summed E-state index contributed by atoms with van der Waals surface area (Å²) in [5.74, 6) is 0. The first-order valence-electron chi connectivity index (χ1n) is 24.1. The Balaban J connectivity index is 0.879. The molecule has 66 heavy (non-hydrogen) atoms. The number of hydrogen-bond acceptors (Lipinski definition) is 1. The number of nitrogens with zero attached hydrogens (tertiary/aromatic N) is 2. The zero-order valence-electron chi connectivity index (χ0n) is 39.5. The Kier molecular flexibility index (Phi) is 7.88. The van der Waals surface area contributed by atoms with Crippen LogP contribution in [0.25, 0.3) is 62.1 Å². The Labute approximate surface area is 390 Å². The van der Waals surface area contributed by atoms with Crippen LogP contribution in [0.1, 0.15) is 72.4 Å². The van der Waals surface area contributed by atoms with Gasteiger partial charge in [0.05, 0.1) is 13.7 Å². The Morgan fingerprint density at radius 3 is 1.56 bits per heavy atom. The number of rotatable bonds is 6. The molecule has 9 aromatic carbocycles. The molecule has 10 aromatic rings. The summed E-state index contributed by atoms with van der Waals surface area (Å²) in [6.45, 7) is 9.02. The van der Waals surface area contributed by atoms with E-state index in [2.05, 4.69) is 225 Å². The highest BCUT2D eigenvalue weighted by Crippen LogP contribution is 2.63. The van der Waals surface area contributed by atoms with Crippen LogP contribution in [0.4, 0.5) is 17.1 Å². The fourth-order valence-electron chi connectivity index (χ4n) is 11.9. The van der Waals surface area contributed by atoms with Gasteiger partial charge in [-0.3, -0.25) is 0 Å². The molecular formula is C64H48N2. The molecule has 2 nitrogen and oxygen atoms in total. The van der Waals surface area contributed by atoms with Crippen molar-refractivity contribution >= 4 is 40.1 Å². The molecule has 0 atom stereocenters. The maximum atomic E-state index is 9.47. The van der Waals surface area contributed by atoms with Gasteiger partial charge in [-0.25, -0.2) is 0 Å². The molecule has 1 aromatic heterocycles. The summed E-state index contributed by atoms with van der Waals surface area (Å²) in [5.41, 5.74) is 24.0. The Hall–Kier alpha value is -7.94. The van der Waals surface area contributed by atoms with E-state index in [4.69, 9.17) is 0 Å². The predicted octanol–water partition coefficient (Wildman–Crippen LogP) is 16.5. The summed E-state index contributed by atoms with van der Waals surface area (Å²) in [7, 11) is 0. The summed E-state index contributed by atoms with van der Waals surface area (Å²) in [5, 5.41) is 1.26. The van der Waals surface area contributed by atoms with E-state index >= 15 is 0 Å². The fourth-order valence-corrected chi connectivity index (χ4v) is 11.9. The van der Waals surface area contributed by atoms with Crippen LogP contribution in [-0.2, 0) is 10.8 Å². The second kappa shape index (κ2) is 14.3. The summed E-state index contributed by atoms with van der Waals surface area (Å²) < 4.78 is 21.3. The minimum Gasteiger partial charge on any atom is -0.314 e. The van der Waals surface area contributed by atoms with Crippen molar-refractivity contribution in [3.63, 3.8) is 0 Å². The highest BCUT2D eigenvalue weighted by molar-refractivity contribution is 5.98. The normalized spacial score (nSPS) is 15.0. The Morgan fingerprint density at radius 1 is 0.424 bits per heavy atom. The largest absolute Gasteiger partial charge is 0.314 e. The third kappa shape index (κ3) is 5.36. The van der Waals surface area contributed by atoms with E-state index in [0.717, 1.165) is 28.3 Å². The van der Waals surface area contributed by atoms with Gasteiger partial charge in [0.1, 0.15) is 0 Å². The van der Waals surface area contributed by atoms with Gasteiger partial charge in [0.25, 0.3) is 0 Å². The van der Waals surface area contributed by atoms with Gasteiger partial charge in [0, 0.05) is 39.2 Å². The van der Waals surface area contributed by atoms with E-state index in [1.165, 1.54) is 88.9 Å². The van der Waals surface area contributed by atoms with Crippen LogP contribution >= 0.6 is 0 Å². The van der Waals surface area contributed by atoms with Gasteiger partial charge in [0.2, 0.25) is 0 Å². The van der Waals surface area contributed by atoms with Gasteiger partial charge < -0.3 is 9.47 Å². The highest BCUT2D eigenvalue weighted by Gasteiger charge is 2.51. The summed E-state index contributed by atoms with van der Waals surface area (Å²) in [4.78, 5) is 2.32. The molecule has 314 valence electrons. The molecule has 0 saturated heterocycles. The molecule has 1 spiro atoms. The van der Waals surface area contributed by atoms with E-state index < -0.39 is 5.41 Å². The first-order valence-corrected chi connectivity index (χ1v) is 23.1. The maximum Gasteiger partial charge on any atom is 0.0726 e. The number of para-hydroxylation sites is 2. The third-order valence-electron chi connectivity index (χ3n) is 15.1. The molecule has 0 aliphatic heterocycles. The number of fused-ring (bicyclic) bond motifs is 14. The van der Waals surface area contributed by atoms with Crippen molar-refractivity contribution in [3.8, 4) is 39.1 Å². The van der Waals surface area contributed by atoms with Gasteiger partial charge in [-0.1, -0.05) is 172 Å². The highest BCUT2D eigenvalue weighted by atomic mass is 15.1. The maximum absolute atomic E-state index is 9.47. The summed E-state index contributed by atoms with van der Waals surface area (Å²) in [6.07, 6.45) is 0. The molecule has 0 amide bonds. The number of aryl methyl sites for hydroxylation is 1. The Bertz CT molecular complexity index is 3680. The van der Waals surface area contributed by atoms with Crippen LogP contribution in [0.2, 0.25) is 0 Å². The van der Waals surface area contributed by atoms with E-state index in [1.54, 1.807) is 0 Å². The minimum atomic E-state index is -0.453. The average molecular weight is 847 g/mol. The average Bonchev–Trinajstić information content (AvgIpc) is 4.02. The van der Waals surface area contributed by atoms with Crippen molar-refractivity contribution in [3.05, 3.63) is 262 Å². The lowest BCUT2D eigenvalue weighted by atomic mass is 9.70. The number of aromatic nitrogens is 1. The van der Waals surface area contributed by atoms with E-state index in [1.807, 2.05) is 18.2 Å². The lowest BCUT2D eigenvalue weighted by Gasteiger charge is -2.32. The van der Waals surface area contributed by atoms with Crippen LogP contribution in [0.3, 0.4) is 0 Å². The first-order chi connectivity index (χ1) is 33.2. The van der Waals surface area contributed by atoms with Crippen molar-refractivity contribution in [2.24, 2.45) is 0 Å². The predicted molar refractivity (Wildman–Crippen MR) is 277 cm³/mol. The monoisotopic (exact) mass is 846 g/mol. The molecule has 1 heterocycles. The molecule has 0 bridgehead atoms. The Morgan fingerprint density at radius 2 is 0.909 bits per heavy atom. The number of anilines is 3. The smallest absolute Gasteiger partial charge is 0.0726 e. The summed E-state index contributed by atoms with van der Waals surface area (Å²) in [6, 6.07) is 74.6. The van der Waals surface area contributed by atoms with Crippen molar-refractivity contribution in [1.82, 2.24) is 4.57 Å². The second-order valence-corrected chi connectivity index (χ2v) is 18.8. The SMILES string of the molecule is [2H]/C(=C(/[2H])c1ccc2c(c1)C(C)(C)c1cc3c(cc1-2)c(C)c(C)n3-c1ccccc1)c1ccc(N(c2ccccc2)c2ccc3c(c2)C2(c4ccccc4-c4ccccc42)c2ccccc2-3)cc1. The quantitative estimate of drug-likeness (QED) is 0.151. The van der Waals surface area contributed by atoms with Crippen LogP contribution in [-0.4, -0.2) is 4.57 Å². The third-order valence-corrected chi connectivity index (χ3v) is 15.1. The van der Waals surface area contributed by atoms with Crippen molar-refractivity contribution in [1.29, 1.82) is 0 Å². The van der Waals surface area contributed by atoms with Crippen molar-refractivity contribution in [2.75, 3.05) is 4.90 Å². The lowest BCUT2D eigenvalue weighted by molar-refractivity contribution is 0.660. The molecule has 0 fully saturated rings. The topological polar surface area (TPSA) is 8.17 Å². The van der Waals surface area contributed by atoms with Crippen molar-refractivity contribution < 1.29 is 2.74 Å². The van der Waals surface area contributed by atoms with Gasteiger partial charge in [-0.2, -0.15) is 0 Å². The van der Waals surface area contributed by atoms with Crippen LogP contribution < -0.4 is 4.90 Å². The van der Waals surface area contributed by atoms with E-state index in [-0.39, 0.29) is 17.5 Å². The summed E-state index contributed by atoms with van der Waals surface area (Å²) >= 11 is 0. The zero-order chi connectivity index (χ0) is 46.1. The van der Waals surface area contributed by atoms with E-state index in [9.17, 15) is 2.74 Å². The molecule has 0 unspecified atom stereocenters. The molecule has 2 heteroatoms. The van der Waals surface area contributed by atoms with Crippen LogP contribution in [0.5, 0.6) is 0 Å². The molecule has 3 aliphatic rings. The fraction of sp³-hybridized carbons (Fsp3) is 0.0938. The lowest BCUT2D eigenvalue weighted by Crippen LogP contribution is -2.26. The standard InChI is InChI=1S/C64H48N2/c1-41-42(2)65(45-17-7-5-8-18-45)62-40-60-55(39-54(41)62)53-35-31-44(37-59(53)63(60,3)4)28-27-43-29-32-47(33-30-43)66(46-19-9-6-10-20-46)48-34-36-52-51-23-13-16-26-58(51)64(61(52)38-48)56-24-14-11-21-49(56)50-22-12-15-25-57(50)64/h5-40H,1-4H3/b28-27+/i27D,28D. The number of hydrogen-bond donors (Lipinski definition) is 0. The van der Waals surface area contributed by atoms with Gasteiger partial charge in [-0.05, 0) is 158 Å². The molecule has 0 radical (unpaired) electrons. The molecule has 3 aliphatic carbocycles. The minimum absolute atomic E-state index is 0.195. The van der Waals surface area contributed by atoms with E-state index in [0.29, 0.717) is 5.56 Å². The second-order valence-electron chi connectivity index (χ2n) is 18.8. The molecular weight excluding hydrogens is 797 g/mol. The van der Waals surface area contributed by atoms with Crippen LogP contribution in [0, 0.1) is 13.8 Å². The van der Waals surface area contributed by atoms with Crippen molar-refractivity contribution in [2.45, 2.75) is 38.5 Å². The van der Waals surface area contributed by atoms with Gasteiger partial charge in [0.15, 0.2) is 0 Å². The zero-order valence-corrected chi connectivity index (χ0v) is 37.5. The molecule has 0 saturated carbocycles. The first kappa shape index (κ1) is 36.4. The number of benzene rings is 9. The van der Waals surface area contributed by atoms with Gasteiger partial charge in [-0.15, -0.1) is 0 Å². The van der Waals surface area contributed by atoms with Gasteiger partial charge >= 0.3 is 0 Å². The molecule has 13 rings (SSSR count).